The van der Waals surface area contributed by atoms with Gasteiger partial charge in [-0.2, -0.15) is 0 Å². The molecule has 1 amide bonds. The van der Waals surface area contributed by atoms with Gasteiger partial charge < -0.3 is 10.4 Å². The van der Waals surface area contributed by atoms with Crippen LogP contribution in [0, 0.1) is 0 Å². The third-order valence-corrected chi connectivity index (χ3v) is 2.30. The fourth-order valence-corrected chi connectivity index (χ4v) is 1.48. The number of carboxylic acids is 1. The first-order valence-corrected chi connectivity index (χ1v) is 5.54. The largest absolute Gasteiger partial charge is 0.480 e. The lowest BCUT2D eigenvalue weighted by molar-refractivity contribution is -0.141. The van der Waals surface area contributed by atoms with Gasteiger partial charge in [0.05, 0.1) is 6.42 Å². The van der Waals surface area contributed by atoms with Crippen molar-refractivity contribution in [3.63, 3.8) is 0 Å². The average molecular weight is 236 g/mol. The van der Waals surface area contributed by atoms with Gasteiger partial charge in [0.1, 0.15) is 6.04 Å². The van der Waals surface area contributed by atoms with Crippen molar-refractivity contribution in [3.8, 4) is 0 Å². The molecule has 0 aromatic carbocycles. The van der Waals surface area contributed by atoms with Crippen LogP contribution in [-0.4, -0.2) is 28.0 Å². The molecule has 1 aromatic heterocycles. The van der Waals surface area contributed by atoms with E-state index < -0.39 is 12.0 Å². The van der Waals surface area contributed by atoms with Crippen molar-refractivity contribution in [1.82, 2.24) is 10.3 Å². The van der Waals surface area contributed by atoms with Crippen molar-refractivity contribution >= 4 is 11.9 Å². The van der Waals surface area contributed by atoms with E-state index in [1.807, 2.05) is 6.92 Å². The zero-order chi connectivity index (χ0) is 12.7. The smallest absolute Gasteiger partial charge is 0.326 e. The molecule has 1 unspecified atom stereocenters. The standard InChI is InChI=1S/C12H16N2O3/c1-2-4-10(12(16)17)14-11(15)7-9-5-3-6-13-8-9/h3,5-6,8,10H,2,4,7H2,1H3,(H,14,15)(H,16,17). The van der Waals surface area contributed by atoms with Crippen LogP contribution in [-0.2, 0) is 16.0 Å². The molecule has 0 spiro atoms. The van der Waals surface area contributed by atoms with E-state index in [9.17, 15) is 9.59 Å². The van der Waals surface area contributed by atoms with Crippen LogP contribution in [0.4, 0.5) is 0 Å². The van der Waals surface area contributed by atoms with Crippen molar-refractivity contribution in [2.24, 2.45) is 0 Å². The SMILES string of the molecule is CCCC(NC(=O)Cc1cccnc1)C(=O)O. The predicted molar refractivity (Wildman–Crippen MR) is 62.4 cm³/mol. The van der Waals surface area contributed by atoms with E-state index in [1.165, 1.54) is 0 Å². The molecule has 0 aliphatic carbocycles. The zero-order valence-corrected chi connectivity index (χ0v) is 9.72. The number of aromatic nitrogens is 1. The van der Waals surface area contributed by atoms with Crippen LogP contribution in [0.25, 0.3) is 0 Å². The number of aliphatic carboxylic acids is 1. The molecule has 0 aliphatic rings. The molecule has 5 heteroatoms. The molecule has 0 radical (unpaired) electrons. The van der Waals surface area contributed by atoms with Gasteiger partial charge in [-0.3, -0.25) is 9.78 Å². The van der Waals surface area contributed by atoms with Crippen LogP contribution in [0.15, 0.2) is 24.5 Å². The van der Waals surface area contributed by atoms with Gasteiger partial charge in [0.25, 0.3) is 0 Å². The summed E-state index contributed by atoms with van der Waals surface area (Å²) >= 11 is 0. The maximum atomic E-state index is 11.6. The second kappa shape index (κ2) is 6.62. The van der Waals surface area contributed by atoms with Crippen molar-refractivity contribution in [3.05, 3.63) is 30.1 Å². The number of pyridine rings is 1. The van der Waals surface area contributed by atoms with Crippen molar-refractivity contribution in [2.45, 2.75) is 32.2 Å². The number of carboxylic acid groups (broad SMARTS) is 1. The first kappa shape index (κ1) is 13.2. The number of hydrogen-bond acceptors (Lipinski definition) is 3. The molecule has 0 fully saturated rings. The molecule has 0 saturated heterocycles. The average Bonchev–Trinajstić information content (AvgIpc) is 2.29. The van der Waals surface area contributed by atoms with Crippen LogP contribution in [0.3, 0.4) is 0 Å². The molecule has 0 aliphatic heterocycles. The van der Waals surface area contributed by atoms with E-state index >= 15 is 0 Å². The molecule has 1 heterocycles. The summed E-state index contributed by atoms with van der Waals surface area (Å²) in [5.41, 5.74) is 0.769. The van der Waals surface area contributed by atoms with Gasteiger partial charge in [0.2, 0.25) is 5.91 Å². The number of amides is 1. The van der Waals surface area contributed by atoms with Crippen LogP contribution < -0.4 is 5.32 Å². The fourth-order valence-electron chi connectivity index (χ4n) is 1.48. The molecule has 17 heavy (non-hydrogen) atoms. The maximum Gasteiger partial charge on any atom is 0.326 e. The van der Waals surface area contributed by atoms with E-state index in [1.54, 1.807) is 24.5 Å². The Morgan fingerprint density at radius 3 is 2.82 bits per heavy atom. The highest BCUT2D eigenvalue weighted by molar-refractivity contribution is 5.84. The Balaban J connectivity index is 2.51. The molecular formula is C12H16N2O3. The minimum atomic E-state index is -0.994. The molecule has 1 rings (SSSR count). The Morgan fingerprint density at radius 1 is 1.53 bits per heavy atom. The van der Waals surface area contributed by atoms with E-state index in [4.69, 9.17) is 5.11 Å². The van der Waals surface area contributed by atoms with Crippen LogP contribution in [0.2, 0.25) is 0 Å². The number of rotatable bonds is 6. The minimum Gasteiger partial charge on any atom is -0.480 e. The number of hydrogen-bond donors (Lipinski definition) is 2. The number of nitrogens with zero attached hydrogens (tertiary/aromatic N) is 1. The quantitative estimate of drug-likeness (QED) is 0.772. The predicted octanol–water partition coefficient (Wildman–Crippen LogP) is 0.994. The van der Waals surface area contributed by atoms with Crippen molar-refractivity contribution in [1.29, 1.82) is 0 Å². The van der Waals surface area contributed by atoms with Crippen molar-refractivity contribution < 1.29 is 14.7 Å². The first-order chi connectivity index (χ1) is 8.13. The topological polar surface area (TPSA) is 79.3 Å². The Hall–Kier alpha value is -1.91. The van der Waals surface area contributed by atoms with Gasteiger partial charge in [-0.15, -0.1) is 0 Å². The summed E-state index contributed by atoms with van der Waals surface area (Å²) in [5.74, 6) is -1.29. The number of nitrogens with one attached hydrogen (secondary N) is 1. The molecule has 0 bridgehead atoms. The van der Waals surface area contributed by atoms with Gasteiger partial charge in [-0.25, -0.2) is 4.79 Å². The Bertz CT molecular complexity index is 379. The molecule has 1 atom stereocenters. The summed E-state index contributed by atoms with van der Waals surface area (Å²) in [6.45, 7) is 1.88. The highest BCUT2D eigenvalue weighted by atomic mass is 16.4. The Morgan fingerprint density at radius 2 is 2.29 bits per heavy atom. The maximum absolute atomic E-state index is 11.6. The molecule has 1 aromatic rings. The second-order valence-corrected chi connectivity index (χ2v) is 3.79. The molecular weight excluding hydrogens is 220 g/mol. The van der Waals surface area contributed by atoms with Crippen molar-refractivity contribution in [2.75, 3.05) is 0 Å². The molecule has 0 saturated carbocycles. The third kappa shape index (κ3) is 4.63. The summed E-state index contributed by atoms with van der Waals surface area (Å²) in [4.78, 5) is 26.3. The van der Waals surface area contributed by atoms with Gasteiger partial charge >= 0.3 is 5.97 Å². The molecule has 5 nitrogen and oxygen atoms in total. The molecule has 2 N–H and O–H groups in total. The van der Waals surface area contributed by atoms with Crippen LogP contribution in [0.5, 0.6) is 0 Å². The summed E-state index contributed by atoms with van der Waals surface area (Å²) in [6, 6.07) is 2.72. The van der Waals surface area contributed by atoms with Gasteiger partial charge in [0.15, 0.2) is 0 Å². The normalized spacial score (nSPS) is 11.8. The van der Waals surface area contributed by atoms with Crippen LogP contribution >= 0.6 is 0 Å². The number of carbonyl (C=O) groups excluding carboxylic acids is 1. The second-order valence-electron chi connectivity index (χ2n) is 3.79. The van der Waals surface area contributed by atoms with E-state index in [0.29, 0.717) is 12.8 Å². The van der Waals surface area contributed by atoms with Gasteiger partial charge in [-0.05, 0) is 18.1 Å². The highest BCUT2D eigenvalue weighted by Crippen LogP contribution is 2.00. The monoisotopic (exact) mass is 236 g/mol. The summed E-state index contributed by atoms with van der Waals surface area (Å²) in [6.07, 6.45) is 4.52. The summed E-state index contributed by atoms with van der Waals surface area (Å²) in [7, 11) is 0. The highest BCUT2D eigenvalue weighted by Gasteiger charge is 2.18. The first-order valence-electron chi connectivity index (χ1n) is 5.54. The van der Waals surface area contributed by atoms with E-state index in [-0.39, 0.29) is 12.3 Å². The van der Waals surface area contributed by atoms with E-state index in [0.717, 1.165) is 5.56 Å². The van der Waals surface area contributed by atoms with E-state index in [2.05, 4.69) is 10.3 Å². The summed E-state index contributed by atoms with van der Waals surface area (Å²) in [5, 5.41) is 11.4. The minimum absolute atomic E-state index is 0.154. The third-order valence-electron chi connectivity index (χ3n) is 2.30. The summed E-state index contributed by atoms with van der Waals surface area (Å²) < 4.78 is 0. The molecule has 92 valence electrons. The lowest BCUT2D eigenvalue weighted by Gasteiger charge is -2.13. The Kier molecular flexibility index (Phi) is 5.13. The lowest BCUT2D eigenvalue weighted by Crippen LogP contribution is -2.41. The Labute approximate surface area is 99.9 Å². The van der Waals surface area contributed by atoms with Gasteiger partial charge in [-0.1, -0.05) is 19.4 Å². The lowest BCUT2D eigenvalue weighted by atomic mass is 10.1. The zero-order valence-electron chi connectivity index (χ0n) is 9.72. The number of carbonyl (C=O) groups is 2. The fraction of sp³-hybridized carbons (Fsp3) is 0.417. The van der Waals surface area contributed by atoms with Gasteiger partial charge in [0, 0.05) is 12.4 Å². The van der Waals surface area contributed by atoms with Crippen LogP contribution in [0.1, 0.15) is 25.3 Å².